The van der Waals surface area contributed by atoms with Crippen molar-refractivity contribution < 1.29 is 7.48 Å². The molecule has 3 nitrogen and oxygen atoms in total. The Hall–Kier alpha value is -1.95. The molecule has 1 unspecified atom stereocenters. The van der Waals surface area contributed by atoms with Gasteiger partial charge in [-0.3, -0.25) is 0 Å². The van der Waals surface area contributed by atoms with Crippen LogP contribution in [0.5, 0.6) is 0 Å². The van der Waals surface area contributed by atoms with E-state index >= 15 is 0 Å². The Balaban J connectivity index is 1.91. The number of hydrogen-bond donors (Lipinski definition) is 1. The molecule has 0 bridgehead atoms. The molecule has 1 fully saturated rings. The summed E-state index contributed by atoms with van der Waals surface area (Å²) in [6.45, 7) is 6.74. The summed E-state index contributed by atoms with van der Waals surface area (Å²) < 4.78 is 23.1. The number of fused-ring (bicyclic) bond motifs is 3. The van der Waals surface area contributed by atoms with E-state index in [1.165, 1.54) is 0 Å². The first kappa shape index (κ1) is 15.1. The first-order chi connectivity index (χ1) is 13.1. The third kappa shape index (κ3) is 2.54. The summed E-state index contributed by atoms with van der Waals surface area (Å²) in [6, 6.07) is 6.15. The highest BCUT2D eigenvalue weighted by atomic mass is 16.5. The quantitative estimate of drug-likeness (QED) is 0.710. The molecular weight excluding hydrogens is 320 g/mol. The van der Waals surface area contributed by atoms with E-state index < -0.39 is 12.1 Å². The summed E-state index contributed by atoms with van der Waals surface area (Å²) in [5.41, 5.74) is 7.53. The van der Waals surface area contributed by atoms with Crippen molar-refractivity contribution in [1.29, 1.82) is 0 Å². The molecule has 1 heterocycles. The first-order valence-corrected chi connectivity index (χ1v) is 9.79. The van der Waals surface area contributed by atoms with Gasteiger partial charge < -0.3 is 10.5 Å². The highest BCUT2D eigenvalue weighted by Crippen LogP contribution is 2.62. The van der Waals surface area contributed by atoms with Crippen LogP contribution >= 0.6 is 0 Å². The maximum absolute atomic E-state index is 8.82. The van der Waals surface area contributed by atoms with Crippen LogP contribution in [0.25, 0.3) is 0 Å². The van der Waals surface area contributed by atoms with Crippen LogP contribution in [0.15, 0.2) is 23.2 Å². The van der Waals surface area contributed by atoms with Crippen molar-refractivity contribution in [2.75, 3.05) is 6.56 Å². The molecule has 1 aliphatic heterocycles. The number of nitrogens with zero attached hydrogens (tertiary/aromatic N) is 1. The SMILES string of the molecule is [2H]C1([2H])OC(N)=NC12c1cc(C#CC(C)C)ccc1C[C@@]21CC[C@H](C)[C@@H](C)C1. The molecule has 26 heavy (non-hydrogen) atoms. The molecule has 0 aromatic heterocycles. The van der Waals surface area contributed by atoms with Gasteiger partial charge in [0.2, 0.25) is 0 Å². The number of amidine groups is 1. The van der Waals surface area contributed by atoms with Crippen LogP contribution in [0, 0.1) is 35.0 Å². The topological polar surface area (TPSA) is 47.6 Å². The van der Waals surface area contributed by atoms with Crippen molar-refractivity contribution in [3.63, 3.8) is 0 Å². The van der Waals surface area contributed by atoms with Crippen molar-refractivity contribution in [2.45, 2.75) is 58.9 Å². The molecule has 0 saturated heterocycles. The molecule has 3 aliphatic rings. The Morgan fingerprint density at radius 1 is 1.35 bits per heavy atom. The maximum atomic E-state index is 8.82. The van der Waals surface area contributed by atoms with E-state index in [-0.39, 0.29) is 17.4 Å². The van der Waals surface area contributed by atoms with Crippen LogP contribution < -0.4 is 5.73 Å². The van der Waals surface area contributed by atoms with Crippen molar-refractivity contribution in [3.8, 4) is 11.8 Å². The molecule has 4 atom stereocenters. The van der Waals surface area contributed by atoms with Gasteiger partial charge in [-0.15, -0.1) is 0 Å². The minimum atomic E-state index is -1.97. The largest absolute Gasteiger partial charge is 0.462 e. The normalized spacial score (nSPS) is 38.3. The van der Waals surface area contributed by atoms with E-state index in [0.29, 0.717) is 11.8 Å². The van der Waals surface area contributed by atoms with E-state index in [1.807, 2.05) is 12.1 Å². The van der Waals surface area contributed by atoms with Gasteiger partial charge in [-0.1, -0.05) is 45.6 Å². The minimum absolute atomic E-state index is 0.0397. The van der Waals surface area contributed by atoms with Crippen LogP contribution in [-0.2, 0) is 16.7 Å². The summed E-state index contributed by atoms with van der Waals surface area (Å²) in [6.07, 6.45) is 3.74. The Morgan fingerprint density at radius 3 is 2.81 bits per heavy atom. The second kappa shape index (κ2) is 6.05. The summed E-state index contributed by atoms with van der Waals surface area (Å²) in [5, 5.41) is 0. The Labute approximate surface area is 160 Å². The summed E-state index contributed by atoms with van der Waals surface area (Å²) in [7, 11) is 0. The van der Waals surface area contributed by atoms with Crippen molar-refractivity contribution in [1.82, 2.24) is 0 Å². The smallest absolute Gasteiger partial charge is 0.283 e. The fourth-order valence-corrected chi connectivity index (χ4v) is 5.03. The van der Waals surface area contributed by atoms with Crippen molar-refractivity contribution in [3.05, 3.63) is 34.9 Å². The van der Waals surface area contributed by atoms with E-state index in [2.05, 4.69) is 45.6 Å². The van der Waals surface area contributed by atoms with E-state index in [4.69, 9.17) is 18.2 Å². The van der Waals surface area contributed by atoms with Gasteiger partial charge in [0.05, 0.1) is 2.74 Å². The van der Waals surface area contributed by atoms with Gasteiger partial charge in [0.1, 0.15) is 12.1 Å². The lowest BCUT2D eigenvalue weighted by molar-refractivity contribution is 0.0204. The van der Waals surface area contributed by atoms with E-state index in [9.17, 15) is 0 Å². The Morgan fingerprint density at radius 2 is 2.15 bits per heavy atom. The van der Waals surface area contributed by atoms with Crippen LogP contribution in [0.1, 0.15) is 66.4 Å². The molecule has 2 N–H and O–H groups in total. The van der Waals surface area contributed by atoms with Gasteiger partial charge in [0.15, 0.2) is 0 Å². The highest BCUT2D eigenvalue weighted by molar-refractivity contribution is 5.75. The van der Waals surface area contributed by atoms with E-state index in [0.717, 1.165) is 42.4 Å². The zero-order chi connectivity index (χ0) is 20.3. The molecule has 138 valence electrons. The predicted octanol–water partition coefficient (Wildman–Crippen LogP) is 4.23. The minimum Gasteiger partial charge on any atom is -0.462 e. The second-order valence-corrected chi connectivity index (χ2v) is 8.82. The molecule has 1 aromatic rings. The highest BCUT2D eigenvalue weighted by Gasteiger charge is 2.61. The number of hydrogen-bond acceptors (Lipinski definition) is 3. The lowest BCUT2D eigenvalue weighted by Crippen LogP contribution is -2.47. The van der Waals surface area contributed by atoms with Gasteiger partial charge in [0, 0.05) is 16.9 Å². The van der Waals surface area contributed by atoms with Crippen molar-refractivity contribution >= 4 is 6.02 Å². The fourth-order valence-electron chi connectivity index (χ4n) is 5.03. The molecule has 1 aromatic carbocycles. The van der Waals surface area contributed by atoms with Crippen LogP contribution in [-0.4, -0.2) is 12.6 Å². The molecule has 3 heteroatoms. The standard InChI is InChI=1S/C23H30N2O/c1-15(2)5-6-18-7-8-19-13-22(10-9-16(3)17(4)12-22)23(20(19)11-18)14-26-21(24)25-23/h7-8,11,15-17H,9-10,12-14H2,1-4H3,(H2,24,25)/t16-,17-,22-,23?/m0/s1/i14D2. The van der Waals surface area contributed by atoms with Gasteiger partial charge in [-0.05, 0) is 60.8 Å². The second-order valence-electron chi connectivity index (χ2n) is 8.82. The van der Waals surface area contributed by atoms with Gasteiger partial charge in [-0.2, -0.15) is 0 Å². The summed E-state index contributed by atoms with van der Waals surface area (Å²) in [5.74, 6) is 7.86. The van der Waals surface area contributed by atoms with Crippen LogP contribution in [0.4, 0.5) is 0 Å². The summed E-state index contributed by atoms with van der Waals surface area (Å²) >= 11 is 0. The predicted molar refractivity (Wildman–Crippen MR) is 106 cm³/mol. The monoisotopic (exact) mass is 352 g/mol. The van der Waals surface area contributed by atoms with E-state index in [1.54, 1.807) is 0 Å². The maximum Gasteiger partial charge on any atom is 0.283 e. The average Bonchev–Trinajstić information content (AvgIpc) is 3.01. The van der Waals surface area contributed by atoms with Crippen molar-refractivity contribution in [2.24, 2.45) is 33.9 Å². The average molecular weight is 353 g/mol. The Bertz CT molecular complexity index is 898. The molecule has 2 aliphatic carbocycles. The zero-order valence-corrected chi connectivity index (χ0v) is 16.2. The van der Waals surface area contributed by atoms with Gasteiger partial charge >= 0.3 is 0 Å². The van der Waals surface area contributed by atoms with Gasteiger partial charge in [0.25, 0.3) is 6.02 Å². The van der Waals surface area contributed by atoms with Crippen LogP contribution in [0.2, 0.25) is 0 Å². The van der Waals surface area contributed by atoms with Crippen LogP contribution in [0.3, 0.4) is 0 Å². The number of rotatable bonds is 0. The molecule has 0 amide bonds. The first-order valence-electron chi connectivity index (χ1n) is 10.8. The Kier molecular flexibility index (Phi) is 3.52. The third-order valence-corrected chi connectivity index (χ3v) is 6.64. The fraction of sp³-hybridized carbons (Fsp3) is 0.609. The summed E-state index contributed by atoms with van der Waals surface area (Å²) in [4.78, 5) is 4.74. The zero-order valence-electron chi connectivity index (χ0n) is 18.2. The number of benzene rings is 1. The third-order valence-electron chi connectivity index (χ3n) is 6.64. The molecule has 0 radical (unpaired) electrons. The van der Waals surface area contributed by atoms with Gasteiger partial charge in [-0.25, -0.2) is 4.99 Å². The number of ether oxygens (including phenoxy) is 1. The molecule has 2 spiro atoms. The lowest BCUT2D eigenvalue weighted by Gasteiger charge is -2.47. The number of nitrogens with two attached hydrogens (primary N) is 1. The molecular formula is C23H30N2O. The lowest BCUT2D eigenvalue weighted by atomic mass is 9.58. The molecule has 1 saturated carbocycles. The molecule has 4 rings (SSSR count). The number of aliphatic imine (C=N–C) groups is 1.